The molecule has 1 rings (SSSR count). The lowest BCUT2D eigenvalue weighted by molar-refractivity contribution is 0.217. The average Bonchev–Trinajstić information content (AvgIpc) is 2.22. The molecule has 0 aliphatic heterocycles. The Morgan fingerprint density at radius 1 is 1.47 bits per heavy atom. The highest BCUT2D eigenvalue weighted by molar-refractivity contribution is 9.10. The third kappa shape index (κ3) is 3.92. The molecule has 0 amide bonds. The van der Waals surface area contributed by atoms with Crippen molar-refractivity contribution in [2.24, 2.45) is 5.92 Å². The van der Waals surface area contributed by atoms with Gasteiger partial charge in [0.25, 0.3) is 0 Å². The van der Waals surface area contributed by atoms with Crippen LogP contribution >= 0.6 is 15.9 Å². The van der Waals surface area contributed by atoms with Crippen LogP contribution in [0.2, 0.25) is 0 Å². The normalized spacial score (nSPS) is 12.8. The van der Waals surface area contributed by atoms with Gasteiger partial charge in [-0.3, -0.25) is 0 Å². The molecular formula is C12H16BrFO. The minimum atomic E-state index is -0.221. The van der Waals surface area contributed by atoms with Crippen LogP contribution in [0, 0.1) is 11.7 Å². The Morgan fingerprint density at radius 2 is 2.20 bits per heavy atom. The van der Waals surface area contributed by atoms with Crippen molar-refractivity contribution in [1.82, 2.24) is 0 Å². The Labute approximate surface area is 98.4 Å². The van der Waals surface area contributed by atoms with Crippen molar-refractivity contribution in [1.29, 1.82) is 0 Å². The van der Waals surface area contributed by atoms with Crippen LogP contribution in [0.3, 0.4) is 0 Å². The topological polar surface area (TPSA) is 20.2 Å². The molecule has 0 heterocycles. The van der Waals surface area contributed by atoms with E-state index in [9.17, 15) is 4.39 Å². The molecule has 1 N–H and O–H groups in total. The van der Waals surface area contributed by atoms with Crippen molar-refractivity contribution in [2.45, 2.75) is 26.2 Å². The van der Waals surface area contributed by atoms with Crippen LogP contribution in [-0.2, 0) is 6.42 Å². The lowest BCUT2D eigenvalue weighted by atomic mass is 9.96. The predicted molar refractivity (Wildman–Crippen MR) is 63.3 cm³/mol. The highest BCUT2D eigenvalue weighted by atomic mass is 79.9. The number of rotatable bonds is 5. The molecule has 1 aromatic rings. The van der Waals surface area contributed by atoms with Gasteiger partial charge in [0.05, 0.1) is 0 Å². The maximum atomic E-state index is 13.0. The van der Waals surface area contributed by atoms with Crippen LogP contribution in [0.5, 0.6) is 0 Å². The fourth-order valence-corrected chi connectivity index (χ4v) is 2.09. The Morgan fingerprint density at radius 3 is 2.80 bits per heavy atom. The molecule has 1 nitrogen and oxygen atoms in total. The van der Waals surface area contributed by atoms with E-state index in [2.05, 4.69) is 22.9 Å². The first-order valence-electron chi connectivity index (χ1n) is 5.22. The lowest BCUT2D eigenvalue weighted by Gasteiger charge is -2.14. The Bertz CT molecular complexity index is 314. The smallest absolute Gasteiger partial charge is 0.123 e. The molecule has 0 spiro atoms. The van der Waals surface area contributed by atoms with E-state index in [1.807, 2.05) is 0 Å². The number of aliphatic hydroxyl groups excluding tert-OH is 1. The summed E-state index contributed by atoms with van der Waals surface area (Å²) in [6.07, 6.45) is 2.74. The Hall–Kier alpha value is -0.410. The number of hydrogen-bond donors (Lipinski definition) is 1. The van der Waals surface area contributed by atoms with Crippen LogP contribution < -0.4 is 0 Å². The Kier molecular flexibility index (Phi) is 5.26. The SMILES string of the molecule is CCCC(CO)Cc1cc(F)ccc1Br. The third-order valence-electron chi connectivity index (χ3n) is 2.47. The lowest BCUT2D eigenvalue weighted by Crippen LogP contribution is -2.09. The highest BCUT2D eigenvalue weighted by Gasteiger charge is 2.10. The first kappa shape index (κ1) is 12.7. The maximum Gasteiger partial charge on any atom is 0.123 e. The Balaban J connectivity index is 2.73. The summed E-state index contributed by atoms with van der Waals surface area (Å²) >= 11 is 3.39. The van der Waals surface area contributed by atoms with Gasteiger partial charge in [-0.15, -0.1) is 0 Å². The molecule has 1 atom stereocenters. The van der Waals surface area contributed by atoms with Gasteiger partial charge in [-0.25, -0.2) is 4.39 Å². The molecule has 0 fully saturated rings. The molecule has 15 heavy (non-hydrogen) atoms. The summed E-state index contributed by atoms with van der Waals surface area (Å²) in [4.78, 5) is 0. The van der Waals surface area contributed by atoms with Gasteiger partial charge in [0.1, 0.15) is 5.82 Å². The van der Waals surface area contributed by atoms with Gasteiger partial charge in [-0.2, -0.15) is 0 Å². The second kappa shape index (κ2) is 6.23. The summed E-state index contributed by atoms with van der Waals surface area (Å²) in [6.45, 7) is 2.25. The van der Waals surface area contributed by atoms with Crippen LogP contribution in [0.1, 0.15) is 25.3 Å². The molecule has 84 valence electrons. The summed E-state index contributed by atoms with van der Waals surface area (Å²) in [6, 6.07) is 4.68. The van der Waals surface area contributed by atoms with Crippen LogP contribution in [0.4, 0.5) is 4.39 Å². The van der Waals surface area contributed by atoms with Crippen LogP contribution in [0.15, 0.2) is 22.7 Å². The molecule has 0 aromatic heterocycles. The largest absolute Gasteiger partial charge is 0.396 e. The second-order valence-electron chi connectivity index (χ2n) is 3.78. The summed E-state index contributed by atoms with van der Waals surface area (Å²) in [5.74, 6) is 0.00879. The summed E-state index contributed by atoms with van der Waals surface area (Å²) < 4.78 is 13.9. The van der Waals surface area contributed by atoms with E-state index in [4.69, 9.17) is 5.11 Å². The first-order valence-corrected chi connectivity index (χ1v) is 6.01. The van der Waals surface area contributed by atoms with Gasteiger partial charge < -0.3 is 5.11 Å². The fourth-order valence-electron chi connectivity index (χ4n) is 1.68. The molecular weight excluding hydrogens is 259 g/mol. The summed E-state index contributed by atoms with van der Waals surface area (Å²) in [7, 11) is 0. The van der Waals surface area contributed by atoms with Gasteiger partial charge in [-0.1, -0.05) is 29.3 Å². The van der Waals surface area contributed by atoms with E-state index in [1.165, 1.54) is 12.1 Å². The number of hydrogen-bond acceptors (Lipinski definition) is 1. The zero-order valence-electron chi connectivity index (χ0n) is 8.84. The van der Waals surface area contributed by atoms with E-state index >= 15 is 0 Å². The standard InChI is InChI=1S/C12H16BrFO/c1-2-3-9(8-15)6-10-7-11(14)4-5-12(10)13/h4-5,7,9,15H,2-3,6,8H2,1H3. The van der Waals surface area contributed by atoms with Gasteiger partial charge in [0.15, 0.2) is 0 Å². The molecule has 0 saturated heterocycles. The van der Waals surface area contributed by atoms with Gasteiger partial charge in [0, 0.05) is 11.1 Å². The van der Waals surface area contributed by atoms with Gasteiger partial charge >= 0.3 is 0 Å². The van der Waals surface area contributed by atoms with Gasteiger partial charge in [0.2, 0.25) is 0 Å². The van der Waals surface area contributed by atoms with E-state index < -0.39 is 0 Å². The molecule has 1 unspecified atom stereocenters. The van der Waals surface area contributed by atoms with Crippen molar-refractivity contribution in [2.75, 3.05) is 6.61 Å². The quantitative estimate of drug-likeness (QED) is 0.871. The molecule has 0 bridgehead atoms. The van der Waals surface area contributed by atoms with Crippen molar-refractivity contribution >= 4 is 15.9 Å². The number of benzene rings is 1. The summed E-state index contributed by atoms with van der Waals surface area (Å²) in [5.41, 5.74) is 0.933. The summed E-state index contributed by atoms with van der Waals surface area (Å²) in [5, 5.41) is 9.17. The van der Waals surface area contributed by atoms with Crippen LogP contribution in [0.25, 0.3) is 0 Å². The van der Waals surface area contributed by atoms with Gasteiger partial charge in [-0.05, 0) is 42.5 Å². The zero-order chi connectivity index (χ0) is 11.3. The molecule has 0 saturated carbocycles. The zero-order valence-corrected chi connectivity index (χ0v) is 10.4. The number of halogens is 2. The monoisotopic (exact) mass is 274 g/mol. The fraction of sp³-hybridized carbons (Fsp3) is 0.500. The molecule has 0 aliphatic rings. The van der Waals surface area contributed by atoms with Crippen molar-refractivity contribution < 1.29 is 9.50 Å². The van der Waals surface area contributed by atoms with Crippen LogP contribution in [-0.4, -0.2) is 11.7 Å². The minimum absolute atomic E-state index is 0.163. The van der Waals surface area contributed by atoms with E-state index in [0.29, 0.717) is 0 Å². The second-order valence-corrected chi connectivity index (χ2v) is 4.63. The van der Waals surface area contributed by atoms with E-state index in [0.717, 1.165) is 29.3 Å². The van der Waals surface area contributed by atoms with Crippen molar-refractivity contribution in [3.8, 4) is 0 Å². The molecule has 1 aromatic carbocycles. The van der Waals surface area contributed by atoms with E-state index in [1.54, 1.807) is 6.07 Å². The number of aliphatic hydroxyl groups is 1. The van der Waals surface area contributed by atoms with Crippen molar-refractivity contribution in [3.63, 3.8) is 0 Å². The third-order valence-corrected chi connectivity index (χ3v) is 3.25. The molecule has 0 aliphatic carbocycles. The van der Waals surface area contributed by atoms with Crippen molar-refractivity contribution in [3.05, 3.63) is 34.1 Å². The average molecular weight is 275 g/mol. The highest BCUT2D eigenvalue weighted by Crippen LogP contribution is 2.22. The molecule has 0 radical (unpaired) electrons. The van der Waals surface area contributed by atoms with E-state index in [-0.39, 0.29) is 18.3 Å². The molecule has 3 heteroatoms. The first-order chi connectivity index (χ1) is 7.17. The minimum Gasteiger partial charge on any atom is -0.396 e. The maximum absolute atomic E-state index is 13.0. The predicted octanol–water partition coefficient (Wildman–Crippen LogP) is 3.54.